The Kier molecular flexibility index (Phi) is 4.66. The molecular weight excluding hydrogens is 484 g/mol. The highest BCUT2D eigenvalue weighted by Gasteiger charge is 2.18. The molecule has 4 aromatic heterocycles. The molecule has 0 amide bonds. The molecule has 8 rings (SSSR count). The number of hydrogen-bond donors (Lipinski definition) is 0. The summed E-state index contributed by atoms with van der Waals surface area (Å²) < 4.78 is 4.68. The quantitative estimate of drug-likeness (QED) is 0.242. The molecule has 38 heavy (non-hydrogen) atoms. The van der Waals surface area contributed by atoms with Crippen molar-refractivity contribution in [2.24, 2.45) is 0 Å². The van der Waals surface area contributed by atoms with Crippen molar-refractivity contribution in [3.63, 3.8) is 0 Å². The fraction of sp³-hybridized carbons (Fsp3) is 0. The summed E-state index contributed by atoms with van der Waals surface area (Å²) in [6.45, 7) is 0. The van der Waals surface area contributed by atoms with Crippen LogP contribution in [0, 0.1) is 0 Å². The number of benzene rings is 4. The molecule has 0 bridgehead atoms. The van der Waals surface area contributed by atoms with E-state index in [0.717, 1.165) is 44.2 Å². The van der Waals surface area contributed by atoms with Crippen LogP contribution in [0.5, 0.6) is 0 Å². The van der Waals surface area contributed by atoms with Gasteiger partial charge in [-0.2, -0.15) is 0 Å². The molecule has 0 saturated carbocycles. The van der Waals surface area contributed by atoms with E-state index in [1.807, 2.05) is 54.2 Å². The first kappa shape index (κ1) is 21.2. The fourth-order valence-corrected chi connectivity index (χ4v) is 6.44. The smallest absolute Gasteiger partial charge is 0.234 e. The van der Waals surface area contributed by atoms with Crippen molar-refractivity contribution < 1.29 is 0 Å². The van der Waals surface area contributed by atoms with E-state index in [4.69, 9.17) is 15.0 Å². The molecule has 0 unspecified atom stereocenters. The summed E-state index contributed by atoms with van der Waals surface area (Å²) in [7, 11) is 0. The Bertz CT molecular complexity index is 2110. The number of thiophene rings is 1. The summed E-state index contributed by atoms with van der Waals surface area (Å²) in [6.07, 6.45) is 5.78. The average Bonchev–Trinajstić information content (AvgIpc) is 3.51. The van der Waals surface area contributed by atoms with Gasteiger partial charge in [0.05, 0.1) is 16.6 Å². The zero-order valence-corrected chi connectivity index (χ0v) is 21.1. The lowest BCUT2D eigenvalue weighted by atomic mass is 10.1. The van der Waals surface area contributed by atoms with Gasteiger partial charge in [0.2, 0.25) is 5.95 Å². The monoisotopic (exact) mass is 504 g/mol. The summed E-state index contributed by atoms with van der Waals surface area (Å²) in [6, 6.07) is 36.0. The van der Waals surface area contributed by atoms with Gasteiger partial charge in [-0.3, -0.25) is 9.55 Å². The second kappa shape index (κ2) is 8.33. The van der Waals surface area contributed by atoms with E-state index >= 15 is 0 Å². The fourth-order valence-electron chi connectivity index (χ4n) is 5.32. The minimum absolute atomic E-state index is 0.636. The van der Waals surface area contributed by atoms with Crippen LogP contribution in [0.1, 0.15) is 0 Å². The van der Waals surface area contributed by atoms with E-state index in [1.54, 1.807) is 0 Å². The third-order valence-electron chi connectivity index (χ3n) is 7.15. The van der Waals surface area contributed by atoms with Crippen molar-refractivity contribution in [1.29, 1.82) is 0 Å². The molecule has 8 aromatic rings. The Morgan fingerprint density at radius 1 is 0.474 bits per heavy atom. The highest BCUT2D eigenvalue weighted by atomic mass is 32.1. The number of aromatic nitrogens is 4. The second-order valence-electron chi connectivity index (χ2n) is 9.39. The van der Waals surface area contributed by atoms with Crippen LogP contribution >= 0.6 is 11.3 Å². The molecule has 0 aliphatic carbocycles. The zero-order valence-electron chi connectivity index (χ0n) is 20.2. The lowest BCUT2D eigenvalue weighted by Crippen LogP contribution is -2.01. The Morgan fingerprint density at radius 3 is 1.89 bits per heavy atom. The maximum atomic E-state index is 5.00. The van der Waals surface area contributed by atoms with Gasteiger partial charge in [-0.05, 0) is 35.4 Å². The molecule has 0 saturated heterocycles. The molecular formula is C33H20N4S. The number of fused-ring (bicyclic) bond motifs is 6. The average molecular weight is 505 g/mol. The second-order valence-corrected chi connectivity index (χ2v) is 10.5. The summed E-state index contributed by atoms with van der Waals surface area (Å²) in [5.74, 6) is 0.636. The van der Waals surface area contributed by atoms with Gasteiger partial charge in [-0.1, -0.05) is 78.9 Å². The van der Waals surface area contributed by atoms with Crippen LogP contribution in [0.4, 0.5) is 0 Å². The van der Waals surface area contributed by atoms with Gasteiger partial charge in [0.15, 0.2) is 0 Å². The predicted molar refractivity (Wildman–Crippen MR) is 158 cm³/mol. The maximum absolute atomic E-state index is 5.00. The van der Waals surface area contributed by atoms with Gasteiger partial charge < -0.3 is 0 Å². The minimum atomic E-state index is 0.636. The van der Waals surface area contributed by atoms with Gasteiger partial charge in [0, 0.05) is 55.3 Å². The van der Waals surface area contributed by atoms with Crippen molar-refractivity contribution >= 4 is 53.4 Å². The topological polar surface area (TPSA) is 43.6 Å². The largest absolute Gasteiger partial charge is 0.276 e. The van der Waals surface area contributed by atoms with E-state index < -0.39 is 0 Å². The van der Waals surface area contributed by atoms with Crippen molar-refractivity contribution in [2.45, 2.75) is 0 Å². The third-order valence-corrected chi connectivity index (χ3v) is 8.29. The molecule has 4 aromatic carbocycles. The van der Waals surface area contributed by atoms with E-state index in [2.05, 4.69) is 83.4 Å². The van der Waals surface area contributed by atoms with Gasteiger partial charge >= 0.3 is 0 Å². The van der Waals surface area contributed by atoms with Gasteiger partial charge in [0.25, 0.3) is 0 Å². The summed E-state index contributed by atoms with van der Waals surface area (Å²) in [5, 5.41) is 3.64. The first-order valence-corrected chi connectivity index (χ1v) is 13.3. The highest BCUT2D eigenvalue weighted by Crippen LogP contribution is 2.40. The molecule has 0 aliphatic rings. The van der Waals surface area contributed by atoms with E-state index in [9.17, 15) is 0 Å². The molecule has 0 radical (unpaired) electrons. The Balaban J connectivity index is 1.42. The number of pyridine rings is 1. The molecule has 0 N–H and O–H groups in total. The molecule has 4 heterocycles. The van der Waals surface area contributed by atoms with Gasteiger partial charge in [0.1, 0.15) is 0 Å². The Hall–Kier alpha value is -4.87. The van der Waals surface area contributed by atoms with Crippen LogP contribution < -0.4 is 0 Å². The zero-order chi connectivity index (χ0) is 25.1. The lowest BCUT2D eigenvalue weighted by Gasteiger charge is -2.08. The molecule has 0 spiro atoms. The predicted octanol–water partition coefficient (Wildman–Crippen LogP) is 8.67. The number of rotatable bonds is 3. The van der Waals surface area contributed by atoms with Crippen molar-refractivity contribution in [3.05, 3.63) is 122 Å². The molecule has 178 valence electrons. The molecule has 0 aliphatic heterocycles. The summed E-state index contributed by atoms with van der Waals surface area (Å²) in [5.41, 5.74) is 7.29. The minimum Gasteiger partial charge on any atom is -0.276 e. The lowest BCUT2D eigenvalue weighted by molar-refractivity contribution is 0.990. The van der Waals surface area contributed by atoms with Crippen molar-refractivity contribution in [3.8, 4) is 28.2 Å². The number of nitrogens with zero attached hydrogens (tertiary/aromatic N) is 4. The van der Waals surface area contributed by atoms with Crippen molar-refractivity contribution in [2.75, 3.05) is 0 Å². The third kappa shape index (κ3) is 3.26. The first-order valence-electron chi connectivity index (χ1n) is 12.5. The van der Waals surface area contributed by atoms with Crippen LogP contribution in [-0.4, -0.2) is 19.5 Å². The molecule has 0 atom stereocenters. The van der Waals surface area contributed by atoms with Crippen LogP contribution in [-0.2, 0) is 0 Å². The van der Waals surface area contributed by atoms with Gasteiger partial charge in [-0.25, -0.2) is 9.97 Å². The highest BCUT2D eigenvalue weighted by molar-refractivity contribution is 7.25. The van der Waals surface area contributed by atoms with Crippen LogP contribution in [0.15, 0.2) is 122 Å². The van der Waals surface area contributed by atoms with E-state index in [0.29, 0.717) is 5.95 Å². The van der Waals surface area contributed by atoms with Crippen LogP contribution in [0.25, 0.3) is 70.3 Å². The SMILES string of the molecule is c1ccc(-c2cnc(-n3c4cc5sc6ccccc6c5cc4c4ncc(-c5ccccc5)cc43)nc2)cc1. The van der Waals surface area contributed by atoms with Gasteiger partial charge in [-0.15, -0.1) is 11.3 Å². The summed E-state index contributed by atoms with van der Waals surface area (Å²) >= 11 is 1.82. The normalized spacial score (nSPS) is 11.7. The molecule has 5 heteroatoms. The first-order chi connectivity index (χ1) is 18.8. The summed E-state index contributed by atoms with van der Waals surface area (Å²) in [4.78, 5) is 14.7. The van der Waals surface area contributed by atoms with Crippen molar-refractivity contribution in [1.82, 2.24) is 19.5 Å². The molecule has 0 fully saturated rings. The van der Waals surface area contributed by atoms with Crippen LogP contribution in [0.3, 0.4) is 0 Å². The maximum Gasteiger partial charge on any atom is 0.234 e. The Morgan fingerprint density at radius 2 is 1.13 bits per heavy atom. The Labute approximate surface area is 222 Å². The number of hydrogen-bond acceptors (Lipinski definition) is 4. The standard InChI is InChI=1S/C33H20N4S/c1-3-9-21(10-4-1)23-15-29-32(34-18-23)27-16-26-25-13-7-8-14-30(25)38-31(26)17-28(27)37(29)33-35-19-24(20-36-33)22-11-5-2-6-12-22/h1-20H. The molecule has 4 nitrogen and oxygen atoms in total. The van der Waals surface area contributed by atoms with E-state index in [-0.39, 0.29) is 0 Å². The van der Waals surface area contributed by atoms with E-state index in [1.165, 1.54) is 20.2 Å². The van der Waals surface area contributed by atoms with Crippen LogP contribution in [0.2, 0.25) is 0 Å².